The number of Topliss-reactive ketones (excluding diaryl/α,β-unsaturated/α-hetero) is 2. The van der Waals surface area contributed by atoms with E-state index in [0.29, 0.717) is 6.42 Å². The Hall–Kier alpha value is -2.41. The van der Waals surface area contributed by atoms with Crippen molar-refractivity contribution in [3.8, 4) is 0 Å². The summed E-state index contributed by atoms with van der Waals surface area (Å²) in [6.45, 7) is 3.36. The Bertz CT molecular complexity index is 849. The van der Waals surface area contributed by atoms with Gasteiger partial charge in [-0.15, -0.1) is 0 Å². The lowest BCUT2D eigenvalue weighted by Gasteiger charge is -2.32. The fourth-order valence-corrected chi connectivity index (χ4v) is 4.01. The summed E-state index contributed by atoms with van der Waals surface area (Å²) in [5.74, 6) is -3.36. The molecule has 2 aliphatic rings. The smallest absolute Gasteiger partial charge is 0.325 e. The second-order valence-electron chi connectivity index (χ2n) is 7.10. The molecule has 4 unspecified atom stereocenters. The molecule has 2 heterocycles. The summed E-state index contributed by atoms with van der Waals surface area (Å²) in [5.41, 5.74) is 1.73. The zero-order valence-corrected chi connectivity index (χ0v) is 16.9. The van der Waals surface area contributed by atoms with Crippen molar-refractivity contribution in [3.63, 3.8) is 0 Å². The van der Waals surface area contributed by atoms with E-state index in [1.807, 2.05) is 43.5 Å². The van der Waals surface area contributed by atoms with Crippen LogP contribution < -0.4 is 0 Å². The zero-order valence-electron chi connectivity index (χ0n) is 16.1. The minimum Gasteiger partial charge on any atom is -0.453 e. The predicted octanol–water partition coefficient (Wildman–Crippen LogP) is 2.77. The number of esters is 1. The van der Waals surface area contributed by atoms with Crippen LogP contribution in [0.4, 0.5) is 0 Å². The molecule has 0 aromatic heterocycles. The molecule has 0 aliphatic carbocycles. The van der Waals surface area contributed by atoms with E-state index in [4.69, 9.17) is 4.74 Å². The van der Waals surface area contributed by atoms with Gasteiger partial charge in [-0.2, -0.15) is 11.8 Å². The van der Waals surface area contributed by atoms with Gasteiger partial charge in [0.15, 0.2) is 23.6 Å². The highest BCUT2D eigenvalue weighted by molar-refractivity contribution is 7.99. The summed E-state index contributed by atoms with van der Waals surface area (Å²) >= 11 is 1.57. The van der Waals surface area contributed by atoms with Gasteiger partial charge >= 0.3 is 5.97 Å². The highest BCUT2D eigenvalue weighted by atomic mass is 32.2. The molecule has 1 fully saturated rings. The number of fused-ring (bicyclic) bond motifs is 1. The number of cyclic esters (lactones) is 1. The first-order chi connectivity index (χ1) is 13.3. The molecule has 0 saturated carbocycles. The molecular weight excluding hydrogens is 378 g/mol. The van der Waals surface area contributed by atoms with E-state index in [2.05, 4.69) is 0 Å². The van der Waals surface area contributed by atoms with E-state index in [-0.39, 0.29) is 17.6 Å². The molecule has 4 atom stereocenters. The van der Waals surface area contributed by atoms with Crippen molar-refractivity contribution in [2.75, 3.05) is 6.26 Å². The van der Waals surface area contributed by atoms with Gasteiger partial charge in [0, 0.05) is 31.2 Å². The van der Waals surface area contributed by atoms with Crippen LogP contribution in [-0.4, -0.2) is 46.0 Å². The highest BCUT2D eigenvalue weighted by Gasteiger charge is 2.48. The molecular formula is C21H23NO5S. The second-order valence-corrected chi connectivity index (χ2v) is 8.38. The Morgan fingerprint density at radius 1 is 1.25 bits per heavy atom. The summed E-state index contributed by atoms with van der Waals surface area (Å²) < 4.78 is 5.20. The highest BCUT2D eigenvalue weighted by Crippen LogP contribution is 2.35. The number of nitrogens with zero attached hydrogens (tertiary/aromatic N) is 1. The maximum Gasteiger partial charge on any atom is 0.325 e. The van der Waals surface area contributed by atoms with Crippen molar-refractivity contribution < 1.29 is 23.9 Å². The lowest BCUT2D eigenvalue weighted by molar-refractivity contribution is -0.147. The summed E-state index contributed by atoms with van der Waals surface area (Å²) in [7, 11) is 0. The predicted molar refractivity (Wildman–Crippen MR) is 106 cm³/mol. The van der Waals surface area contributed by atoms with Crippen LogP contribution in [0.2, 0.25) is 0 Å². The van der Waals surface area contributed by atoms with E-state index in [0.717, 1.165) is 11.1 Å². The number of ether oxygens (including phenoxy) is 1. The van der Waals surface area contributed by atoms with Gasteiger partial charge in [-0.05, 0) is 23.5 Å². The van der Waals surface area contributed by atoms with E-state index >= 15 is 0 Å². The van der Waals surface area contributed by atoms with Gasteiger partial charge in [-0.25, -0.2) is 0 Å². The average Bonchev–Trinajstić information content (AvgIpc) is 2.94. The molecule has 2 aliphatic heterocycles. The summed E-state index contributed by atoms with van der Waals surface area (Å²) in [4.78, 5) is 51.3. The summed E-state index contributed by atoms with van der Waals surface area (Å²) in [6, 6.07) is 6.92. The average molecular weight is 401 g/mol. The Balaban J connectivity index is 1.81. The van der Waals surface area contributed by atoms with E-state index < -0.39 is 35.6 Å². The van der Waals surface area contributed by atoms with Crippen molar-refractivity contribution >= 4 is 41.3 Å². The molecule has 0 radical (unpaired) electrons. The molecule has 1 aromatic carbocycles. The van der Waals surface area contributed by atoms with Crippen LogP contribution in [-0.2, 0) is 23.9 Å². The lowest BCUT2D eigenvalue weighted by Crippen LogP contribution is -2.36. The van der Waals surface area contributed by atoms with Gasteiger partial charge in [0.2, 0.25) is 5.91 Å². The van der Waals surface area contributed by atoms with Crippen molar-refractivity contribution in [3.05, 3.63) is 41.6 Å². The first kappa shape index (κ1) is 20.3. The fraction of sp³-hybridized carbons (Fsp3) is 0.429. The first-order valence-corrected chi connectivity index (χ1v) is 10.5. The largest absolute Gasteiger partial charge is 0.453 e. The maximum atomic E-state index is 12.9. The monoisotopic (exact) mass is 401 g/mol. The molecule has 0 bridgehead atoms. The van der Waals surface area contributed by atoms with Gasteiger partial charge < -0.3 is 9.64 Å². The number of amides is 1. The third-order valence-corrected chi connectivity index (χ3v) is 6.23. The molecule has 0 spiro atoms. The van der Waals surface area contributed by atoms with Gasteiger partial charge in [0.1, 0.15) is 0 Å². The van der Waals surface area contributed by atoms with Crippen molar-refractivity contribution in [2.45, 2.75) is 44.1 Å². The number of carbonyl (C=O) groups excluding carboxylic acids is 4. The van der Waals surface area contributed by atoms with Gasteiger partial charge in [0.05, 0.1) is 6.04 Å². The van der Waals surface area contributed by atoms with Crippen LogP contribution in [0.3, 0.4) is 0 Å². The minimum absolute atomic E-state index is 0.114. The SMILES string of the molecule is CSC(C)CC1OC(=O)C(C(=O)CC2c3ccccc3C=CN2C(C)=O)C1=O. The third kappa shape index (κ3) is 3.90. The number of hydrogen-bond donors (Lipinski definition) is 0. The number of benzene rings is 1. The summed E-state index contributed by atoms with van der Waals surface area (Å²) in [6.07, 6.45) is 4.78. The molecule has 1 amide bonds. The molecule has 148 valence electrons. The fourth-order valence-electron chi connectivity index (χ4n) is 3.64. The van der Waals surface area contributed by atoms with E-state index in [9.17, 15) is 19.2 Å². The quantitative estimate of drug-likeness (QED) is 0.539. The number of rotatable bonds is 6. The number of thioether (sulfide) groups is 1. The normalized spacial score (nSPS) is 24.7. The minimum atomic E-state index is -1.40. The Kier molecular flexibility index (Phi) is 6.03. The standard InChI is InChI=1S/C21H23NO5S/c1-12(28-3)10-18-20(25)19(21(26)27-18)17(24)11-16-15-7-5-4-6-14(15)8-9-22(16)13(2)23/h4-9,12,16,18-19H,10-11H2,1-3H3. The van der Waals surface area contributed by atoms with E-state index in [1.165, 1.54) is 11.8 Å². The maximum absolute atomic E-state index is 12.9. The molecule has 6 nitrogen and oxygen atoms in total. The topological polar surface area (TPSA) is 80.8 Å². The first-order valence-electron chi connectivity index (χ1n) is 9.19. The van der Waals surface area contributed by atoms with Crippen LogP contribution >= 0.6 is 11.8 Å². The molecule has 7 heteroatoms. The van der Waals surface area contributed by atoms with Crippen molar-refractivity contribution in [1.82, 2.24) is 4.90 Å². The third-order valence-electron chi connectivity index (χ3n) is 5.23. The molecule has 3 rings (SSSR count). The van der Waals surface area contributed by atoms with Crippen LogP contribution in [0, 0.1) is 5.92 Å². The zero-order chi connectivity index (χ0) is 20.4. The van der Waals surface area contributed by atoms with Crippen LogP contribution in [0.5, 0.6) is 0 Å². The van der Waals surface area contributed by atoms with Gasteiger partial charge in [0.25, 0.3) is 0 Å². The van der Waals surface area contributed by atoms with Crippen LogP contribution in [0.1, 0.15) is 43.9 Å². The van der Waals surface area contributed by atoms with Crippen LogP contribution in [0.25, 0.3) is 6.08 Å². The number of ketones is 2. The number of hydrogen-bond acceptors (Lipinski definition) is 6. The van der Waals surface area contributed by atoms with Crippen LogP contribution in [0.15, 0.2) is 30.5 Å². The van der Waals surface area contributed by atoms with Gasteiger partial charge in [-0.3, -0.25) is 19.2 Å². The molecule has 1 saturated heterocycles. The Morgan fingerprint density at radius 3 is 2.64 bits per heavy atom. The Morgan fingerprint density at radius 2 is 1.96 bits per heavy atom. The number of carbonyl (C=O) groups is 4. The van der Waals surface area contributed by atoms with Crippen molar-refractivity contribution in [1.29, 1.82) is 0 Å². The summed E-state index contributed by atoms with van der Waals surface area (Å²) in [5, 5.41) is 0.138. The van der Waals surface area contributed by atoms with E-state index in [1.54, 1.807) is 18.0 Å². The van der Waals surface area contributed by atoms with Crippen molar-refractivity contribution in [2.24, 2.45) is 5.92 Å². The molecule has 0 N–H and O–H groups in total. The second kappa shape index (κ2) is 8.31. The molecule has 1 aromatic rings. The molecule has 28 heavy (non-hydrogen) atoms. The van der Waals surface area contributed by atoms with Gasteiger partial charge in [-0.1, -0.05) is 31.2 Å². The Labute approximate surface area is 168 Å². The lowest BCUT2D eigenvalue weighted by atomic mass is 9.87.